The van der Waals surface area contributed by atoms with Gasteiger partial charge in [-0.2, -0.15) is 0 Å². The SMILES string of the molecule is Cc1noc(C)c1[Si](C)(C)c1ccccc1. The normalized spacial score (nSPS) is 11.8. The maximum absolute atomic E-state index is 5.29. The van der Waals surface area contributed by atoms with E-state index in [2.05, 4.69) is 48.6 Å². The van der Waals surface area contributed by atoms with E-state index in [0.29, 0.717) is 0 Å². The summed E-state index contributed by atoms with van der Waals surface area (Å²) in [4.78, 5) is 0. The molecule has 0 aliphatic rings. The third-order valence-electron chi connectivity index (χ3n) is 3.15. The van der Waals surface area contributed by atoms with Crippen molar-refractivity contribution in [3.05, 3.63) is 41.8 Å². The number of nitrogens with zero attached hydrogens (tertiary/aromatic N) is 1. The second-order valence-corrected chi connectivity index (χ2v) is 9.02. The summed E-state index contributed by atoms with van der Waals surface area (Å²) in [5.74, 6) is 0.970. The quantitative estimate of drug-likeness (QED) is 0.740. The van der Waals surface area contributed by atoms with Crippen LogP contribution in [0, 0.1) is 13.8 Å². The lowest BCUT2D eigenvalue weighted by molar-refractivity contribution is 0.394. The third-order valence-corrected chi connectivity index (χ3v) is 6.89. The molecule has 16 heavy (non-hydrogen) atoms. The van der Waals surface area contributed by atoms with Crippen molar-refractivity contribution in [1.29, 1.82) is 0 Å². The summed E-state index contributed by atoms with van der Waals surface area (Å²) in [5.41, 5.74) is 1.04. The highest BCUT2D eigenvalue weighted by molar-refractivity contribution is 7.00. The minimum atomic E-state index is -1.65. The van der Waals surface area contributed by atoms with Gasteiger partial charge in [0.05, 0.1) is 5.69 Å². The molecule has 0 N–H and O–H groups in total. The zero-order chi connectivity index (χ0) is 11.8. The zero-order valence-corrected chi connectivity index (χ0v) is 11.2. The topological polar surface area (TPSA) is 26.0 Å². The van der Waals surface area contributed by atoms with Crippen LogP contribution < -0.4 is 10.4 Å². The van der Waals surface area contributed by atoms with E-state index in [1.807, 2.05) is 13.8 Å². The Morgan fingerprint density at radius 1 is 1.06 bits per heavy atom. The fourth-order valence-electron chi connectivity index (χ4n) is 2.37. The van der Waals surface area contributed by atoms with Crippen LogP contribution >= 0.6 is 0 Å². The molecule has 0 radical (unpaired) electrons. The minimum absolute atomic E-state index is 0.970. The molecule has 1 aromatic carbocycles. The molecule has 2 rings (SSSR count). The van der Waals surface area contributed by atoms with Gasteiger partial charge >= 0.3 is 0 Å². The molecule has 0 unspecified atom stereocenters. The van der Waals surface area contributed by atoms with Gasteiger partial charge in [-0.25, -0.2) is 0 Å². The standard InChI is InChI=1S/C13H17NOSi/c1-10-13(11(2)15-14-10)16(3,4)12-8-6-5-7-9-12/h5-9H,1-4H3. The molecule has 0 amide bonds. The molecule has 0 spiro atoms. The number of rotatable bonds is 2. The summed E-state index contributed by atoms with van der Waals surface area (Å²) in [6.45, 7) is 8.72. The Morgan fingerprint density at radius 2 is 1.69 bits per heavy atom. The fraction of sp³-hybridized carbons (Fsp3) is 0.308. The molecule has 84 valence electrons. The summed E-state index contributed by atoms with van der Waals surface area (Å²) in [5, 5.41) is 6.82. The van der Waals surface area contributed by atoms with Gasteiger partial charge in [-0.3, -0.25) is 0 Å². The number of benzene rings is 1. The number of aromatic nitrogens is 1. The van der Waals surface area contributed by atoms with E-state index in [0.717, 1.165) is 11.5 Å². The van der Waals surface area contributed by atoms with Crippen LogP contribution in [0.15, 0.2) is 34.9 Å². The highest BCUT2D eigenvalue weighted by Crippen LogP contribution is 2.10. The van der Waals surface area contributed by atoms with Crippen LogP contribution in [0.4, 0.5) is 0 Å². The van der Waals surface area contributed by atoms with Crippen molar-refractivity contribution in [1.82, 2.24) is 5.16 Å². The second kappa shape index (κ2) is 3.90. The van der Waals surface area contributed by atoms with Crippen LogP contribution in [0.3, 0.4) is 0 Å². The van der Waals surface area contributed by atoms with E-state index in [-0.39, 0.29) is 0 Å². The lowest BCUT2D eigenvalue weighted by Crippen LogP contribution is -2.54. The first-order valence-electron chi connectivity index (χ1n) is 5.52. The number of hydrogen-bond donors (Lipinski definition) is 0. The molecule has 0 fully saturated rings. The molecule has 0 saturated heterocycles. The van der Waals surface area contributed by atoms with Crippen LogP contribution in [0.2, 0.25) is 13.1 Å². The van der Waals surface area contributed by atoms with E-state index in [9.17, 15) is 0 Å². The largest absolute Gasteiger partial charge is 0.362 e. The van der Waals surface area contributed by atoms with Crippen LogP contribution in [-0.4, -0.2) is 13.2 Å². The van der Waals surface area contributed by atoms with E-state index >= 15 is 0 Å². The van der Waals surface area contributed by atoms with Crippen molar-refractivity contribution in [2.75, 3.05) is 0 Å². The van der Waals surface area contributed by atoms with Crippen molar-refractivity contribution in [3.8, 4) is 0 Å². The summed E-state index contributed by atoms with van der Waals surface area (Å²) in [6.07, 6.45) is 0. The van der Waals surface area contributed by atoms with Gasteiger partial charge in [0.25, 0.3) is 0 Å². The molecule has 0 atom stereocenters. The number of aryl methyl sites for hydroxylation is 2. The molecule has 3 heteroatoms. The molecular formula is C13H17NOSi. The Kier molecular flexibility index (Phi) is 2.72. The average Bonchev–Trinajstić information content (AvgIpc) is 2.60. The first-order chi connectivity index (χ1) is 7.53. The molecular weight excluding hydrogens is 214 g/mol. The van der Waals surface area contributed by atoms with Crippen LogP contribution in [0.25, 0.3) is 0 Å². The Balaban J connectivity index is 2.55. The number of hydrogen-bond acceptors (Lipinski definition) is 2. The van der Waals surface area contributed by atoms with Crippen molar-refractivity contribution < 1.29 is 4.52 Å². The van der Waals surface area contributed by atoms with Gasteiger partial charge < -0.3 is 4.52 Å². The Bertz CT molecular complexity index is 468. The molecule has 2 aromatic rings. The van der Waals surface area contributed by atoms with Crippen molar-refractivity contribution in [3.63, 3.8) is 0 Å². The molecule has 1 aromatic heterocycles. The molecule has 0 aliphatic heterocycles. The van der Waals surface area contributed by atoms with E-state index in [4.69, 9.17) is 4.52 Å². The van der Waals surface area contributed by atoms with E-state index < -0.39 is 8.07 Å². The lowest BCUT2D eigenvalue weighted by Gasteiger charge is -2.22. The predicted molar refractivity (Wildman–Crippen MR) is 69.2 cm³/mol. The van der Waals surface area contributed by atoms with E-state index in [1.165, 1.54) is 10.4 Å². The van der Waals surface area contributed by atoms with Crippen LogP contribution in [0.1, 0.15) is 11.5 Å². The third kappa shape index (κ3) is 1.71. The summed E-state index contributed by atoms with van der Waals surface area (Å²) in [6, 6.07) is 10.7. The smallest absolute Gasteiger partial charge is 0.133 e. The monoisotopic (exact) mass is 231 g/mol. The Labute approximate surface area is 97.3 Å². The molecule has 0 bridgehead atoms. The summed E-state index contributed by atoms with van der Waals surface area (Å²) < 4.78 is 5.29. The maximum atomic E-state index is 5.29. The molecule has 1 heterocycles. The Morgan fingerprint density at radius 3 is 2.19 bits per heavy atom. The highest BCUT2D eigenvalue weighted by Gasteiger charge is 2.31. The van der Waals surface area contributed by atoms with Gasteiger partial charge in [0, 0.05) is 5.19 Å². The van der Waals surface area contributed by atoms with Crippen LogP contribution in [0.5, 0.6) is 0 Å². The highest BCUT2D eigenvalue weighted by atomic mass is 28.3. The molecule has 0 saturated carbocycles. The van der Waals surface area contributed by atoms with Crippen molar-refractivity contribution in [2.45, 2.75) is 26.9 Å². The summed E-state index contributed by atoms with van der Waals surface area (Å²) >= 11 is 0. The van der Waals surface area contributed by atoms with Crippen LogP contribution in [-0.2, 0) is 0 Å². The first kappa shape index (κ1) is 11.1. The van der Waals surface area contributed by atoms with Gasteiger partial charge in [0.1, 0.15) is 13.8 Å². The maximum Gasteiger partial charge on any atom is 0.133 e. The van der Waals surface area contributed by atoms with Gasteiger partial charge in [-0.05, 0) is 13.8 Å². The average molecular weight is 231 g/mol. The first-order valence-corrected chi connectivity index (χ1v) is 8.52. The summed E-state index contributed by atoms with van der Waals surface area (Å²) in [7, 11) is -1.65. The zero-order valence-electron chi connectivity index (χ0n) is 10.2. The van der Waals surface area contributed by atoms with Gasteiger partial charge in [-0.1, -0.05) is 53.8 Å². The van der Waals surface area contributed by atoms with Crippen molar-refractivity contribution in [2.24, 2.45) is 0 Å². The van der Waals surface area contributed by atoms with Crippen molar-refractivity contribution >= 4 is 18.4 Å². The minimum Gasteiger partial charge on any atom is -0.362 e. The Hall–Kier alpha value is -1.35. The van der Waals surface area contributed by atoms with Gasteiger partial charge in [-0.15, -0.1) is 0 Å². The lowest BCUT2D eigenvalue weighted by atomic mass is 10.4. The second-order valence-electron chi connectivity index (χ2n) is 4.69. The predicted octanol–water partition coefficient (Wildman–Crippen LogP) is 2.11. The molecule has 2 nitrogen and oxygen atoms in total. The van der Waals surface area contributed by atoms with E-state index in [1.54, 1.807) is 0 Å². The fourth-order valence-corrected chi connectivity index (χ4v) is 5.56. The van der Waals surface area contributed by atoms with Gasteiger partial charge in [0.15, 0.2) is 0 Å². The van der Waals surface area contributed by atoms with Gasteiger partial charge in [0.2, 0.25) is 0 Å². The molecule has 0 aliphatic carbocycles.